The molecule has 2 N–H and O–H groups in total. The zero-order chi connectivity index (χ0) is 30.2. The van der Waals surface area contributed by atoms with Gasteiger partial charge in [-0.2, -0.15) is 0 Å². The van der Waals surface area contributed by atoms with Gasteiger partial charge in [0, 0.05) is 28.4 Å². The molecule has 0 unspecified atom stereocenters. The lowest BCUT2D eigenvalue weighted by molar-refractivity contribution is -0.144. The highest BCUT2D eigenvalue weighted by Crippen LogP contribution is 2.32. The minimum absolute atomic E-state index is 0.227. The van der Waals surface area contributed by atoms with Crippen molar-refractivity contribution in [2.24, 2.45) is 5.73 Å². The first kappa shape index (κ1) is 34.1. The Morgan fingerprint density at radius 3 is 2.10 bits per heavy atom. The SMILES string of the molecule is CCOC(=O)CCCOc1cccc(CCCCCCOc2cc(C(N)=O)c(C)c(Br)c2C)c1CCC(=O)OCC. The van der Waals surface area contributed by atoms with E-state index in [1.807, 2.05) is 26.0 Å². The molecule has 0 saturated heterocycles. The number of carbonyl (C=O) groups excluding carboxylic acids is 3. The molecule has 0 saturated carbocycles. The van der Waals surface area contributed by atoms with Gasteiger partial charge in [-0.05, 0) is 88.6 Å². The smallest absolute Gasteiger partial charge is 0.306 e. The van der Waals surface area contributed by atoms with Gasteiger partial charge in [-0.15, -0.1) is 0 Å². The zero-order valence-electron chi connectivity index (χ0n) is 24.8. The van der Waals surface area contributed by atoms with Gasteiger partial charge >= 0.3 is 11.9 Å². The molecule has 41 heavy (non-hydrogen) atoms. The Balaban J connectivity index is 1.90. The van der Waals surface area contributed by atoms with Crippen molar-refractivity contribution >= 4 is 33.8 Å². The number of halogens is 1. The van der Waals surface area contributed by atoms with Gasteiger partial charge < -0.3 is 24.7 Å². The molecule has 0 atom stereocenters. The lowest BCUT2D eigenvalue weighted by Gasteiger charge is -2.16. The van der Waals surface area contributed by atoms with Crippen molar-refractivity contribution in [3.05, 3.63) is 56.6 Å². The van der Waals surface area contributed by atoms with E-state index >= 15 is 0 Å². The Kier molecular flexibility index (Phi) is 15.3. The fraction of sp³-hybridized carbons (Fsp3) is 0.531. The first-order valence-electron chi connectivity index (χ1n) is 14.5. The summed E-state index contributed by atoms with van der Waals surface area (Å²) in [5, 5.41) is 0. The number of amides is 1. The maximum absolute atomic E-state index is 12.1. The average Bonchev–Trinajstić information content (AvgIpc) is 2.94. The highest BCUT2D eigenvalue weighted by atomic mass is 79.9. The van der Waals surface area contributed by atoms with Crippen LogP contribution in [0.2, 0.25) is 0 Å². The lowest BCUT2D eigenvalue weighted by Crippen LogP contribution is -2.14. The molecule has 0 aliphatic heterocycles. The average molecular weight is 635 g/mol. The van der Waals surface area contributed by atoms with Crippen LogP contribution in [-0.4, -0.2) is 44.3 Å². The summed E-state index contributed by atoms with van der Waals surface area (Å²) < 4.78 is 23.0. The van der Waals surface area contributed by atoms with Gasteiger partial charge in [0.05, 0.1) is 26.4 Å². The fourth-order valence-electron chi connectivity index (χ4n) is 4.57. The Bertz CT molecular complexity index is 1170. The summed E-state index contributed by atoms with van der Waals surface area (Å²) in [4.78, 5) is 35.4. The molecule has 2 rings (SSSR count). The molecular weight excluding hydrogens is 590 g/mol. The second-order valence-electron chi connectivity index (χ2n) is 9.82. The van der Waals surface area contributed by atoms with Crippen LogP contribution in [0.3, 0.4) is 0 Å². The normalized spacial score (nSPS) is 10.8. The van der Waals surface area contributed by atoms with E-state index in [4.69, 9.17) is 24.7 Å². The minimum Gasteiger partial charge on any atom is -0.493 e. The van der Waals surface area contributed by atoms with E-state index in [2.05, 4.69) is 22.0 Å². The molecular formula is C32H44BrNO7. The molecule has 226 valence electrons. The highest BCUT2D eigenvalue weighted by molar-refractivity contribution is 9.10. The third-order valence-corrected chi connectivity index (χ3v) is 7.96. The van der Waals surface area contributed by atoms with Crippen LogP contribution in [0.25, 0.3) is 0 Å². The zero-order valence-corrected chi connectivity index (χ0v) is 26.4. The van der Waals surface area contributed by atoms with E-state index in [1.54, 1.807) is 19.9 Å². The predicted octanol–water partition coefficient (Wildman–Crippen LogP) is 6.56. The summed E-state index contributed by atoms with van der Waals surface area (Å²) in [5.74, 6) is 0.492. The summed E-state index contributed by atoms with van der Waals surface area (Å²) in [5.41, 5.74) is 9.92. The van der Waals surface area contributed by atoms with E-state index in [-0.39, 0.29) is 18.4 Å². The van der Waals surface area contributed by atoms with Gasteiger partial charge in [0.15, 0.2) is 0 Å². The molecule has 0 spiro atoms. The molecule has 0 heterocycles. The third-order valence-electron chi connectivity index (χ3n) is 6.77. The maximum Gasteiger partial charge on any atom is 0.306 e. The first-order valence-corrected chi connectivity index (χ1v) is 15.3. The van der Waals surface area contributed by atoms with Gasteiger partial charge in [0.2, 0.25) is 5.91 Å². The van der Waals surface area contributed by atoms with Gasteiger partial charge in [-0.3, -0.25) is 14.4 Å². The van der Waals surface area contributed by atoms with Crippen molar-refractivity contribution in [1.29, 1.82) is 0 Å². The van der Waals surface area contributed by atoms with Gasteiger partial charge in [-0.1, -0.05) is 40.9 Å². The Labute approximate surface area is 252 Å². The van der Waals surface area contributed by atoms with E-state index in [1.165, 1.54) is 0 Å². The second-order valence-corrected chi connectivity index (χ2v) is 10.6. The summed E-state index contributed by atoms with van der Waals surface area (Å²) in [6, 6.07) is 7.70. The van der Waals surface area contributed by atoms with Crippen molar-refractivity contribution in [3.8, 4) is 11.5 Å². The number of benzene rings is 2. The molecule has 0 aliphatic carbocycles. The van der Waals surface area contributed by atoms with Crippen LogP contribution in [-0.2, 0) is 31.9 Å². The van der Waals surface area contributed by atoms with Crippen molar-refractivity contribution in [3.63, 3.8) is 0 Å². The number of rotatable bonds is 19. The molecule has 9 heteroatoms. The lowest BCUT2D eigenvalue weighted by atomic mass is 9.96. The number of unbranched alkanes of at least 4 members (excludes halogenated alkanes) is 3. The van der Waals surface area contributed by atoms with Crippen molar-refractivity contribution in [1.82, 2.24) is 0 Å². The summed E-state index contributed by atoms with van der Waals surface area (Å²) in [6.45, 7) is 9.07. The van der Waals surface area contributed by atoms with Crippen molar-refractivity contribution in [2.45, 2.75) is 85.5 Å². The molecule has 0 aliphatic rings. The molecule has 8 nitrogen and oxygen atoms in total. The van der Waals surface area contributed by atoms with Crippen LogP contribution in [0.4, 0.5) is 0 Å². The molecule has 0 aromatic heterocycles. The number of ether oxygens (including phenoxy) is 4. The number of aryl methyl sites for hydroxylation is 1. The predicted molar refractivity (Wildman–Crippen MR) is 163 cm³/mol. The third kappa shape index (κ3) is 11.4. The minimum atomic E-state index is -0.471. The molecule has 2 aromatic rings. The van der Waals surface area contributed by atoms with Crippen LogP contribution >= 0.6 is 15.9 Å². The maximum atomic E-state index is 12.1. The molecule has 0 radical (unpaired) electrons. The Hall–Kier alpha value is -3.07. The summed E-state index contributed by atoms with van der Waals surface area (Å²) in [7, 11) is 0. The fourth-order valence-corrected chi connectivity index (χ4v) is 4.98. The van der Waals surface area contributed by atoms with Crippen LogP contribution < -0.4 is 15.2 Å². The number of primary amides is 1. The molecule has 0 fully saturated rings. The van der Waals surface area contributed by atoms with E-state index in [9.17, 15) is 14.4 Å². The molecule has 1 amide bonds. The van der Waals surface area contributed by atoms with Crippen LogP contribution in [0, 0.1) is 13.8 Å². The standard InChI is InChI=1S/C32H44BrNO7/c1-5-38-29(35)16-12-20-40-27-15-11-14-24(25(27)17-18-30(36)39-6-2)13-9-7-8-10-19-41-28-21-26(32(34)37)22(3)31(33)23(28)4/h11,14-15,21H,5-10,12-13,16-20H2,1-4H3,(H2,34,37). The van der Waals surface area contributed by atoms with Gasteiger partial charge in [-0.25, -0.2) is 0 Å². The highest BCUT2D eigenvalue weighted by Gasteiger charge is 2.16. The molecule has 2 aromatic carbocycles. The number of esters is 2. The number of carbonyl (C=O) groups is 3. The van der Waals surface area contributed by atoms with E-state index < -0.39 is 5.91 Å². The summed E-state index contributed by atoms with van der Waals surface area (Å²) in [6.07, 6.45) is 6.45. The Morgan fingerprint density at radius 2 is 1.41 bits per heavy atom. The van der Waals surface area contributed by atoms with E-state index in [0.29, 0.717) is 57.0 Å². The molecule has 0 bridgehead atoms. The van der Waals surface area contributed by atoms with Crippen LogP contribution in [0.1, 0.15) is 91.4 Å². The van der Waals surface area contributed by atoms with Gasteiger partial charge in [0.25, 0.3) is 0 Å². The first-order chi connectivity index (χ1) is 19.7. The number of hydrogen-bond donors (Lipinski definition) is 1. The topological polar surface area (TPSA) is 114 Å². The van der Waals surface area contributed by atoms with Crippen LogP contribution in [0.15, 0.2) is 28.7 Å². The monoisotopic (exact) mass is 633 g/mol. The van der Waals surface area contributed by atoms with Gasteiger partial charge in [0.1, 0.15) is 11.5 Å². The number of nitrogens with two attached hydrogens (primary N) is 1. The summed E-state index contributed by atoms with van der Waals surface area (Å²) >= 11 is 3.54. The second kappa shape index (κ2) is 18.4. The van der Waals surface area contributed by atoms with Crippen LogP contribution in [0.5, 0.6) is 11.5 Å². The van der Waals surface area contributed by atoms with Crippen molar-refractivity contribution in [2.75, 3.05) is 26.4 Å². The number of hydrogen-bond acceptors (Lipinski definition) is 7. The van der Waals surface area contributed by atoms with E-state index in [0.717, 1.165) is 64.6 Å². The largest absolute Gasteiger partial charge is 0.493 e. The quantitative estimate of drug-likeness (QED) is 0.137. The Morgan fingerprint density at radius 1 is 0.780 bits per heavy atom. The van der Waals surface area contributed by atoms with Crippen molar-refractivity contribution < 1.29 is 33.3 Å².